The van der Waals surface area contributed by atoms with E-state index < -0.39 is 0 Å². The van der Waals surface area contributed by atoms with E-state index in [0.29, 0.717) is 12.5 Å². The van der Waals surface area contributed by atoms with Crippen LogP contribution in [0.25, 0.3) is 11.0 Å². The molecular formula is C21H22N4O. The lowest BCUT2D eigenvalue weighted by Gasteiger charge is -2.31. The van der Waals surface area contributed by atoms with Crippen LogP contribution in [-0.4, -0.2) is 34.0 Å². The van der Waals surface area contributed by atoms with E-state index >= 15 is 0 Å². The number of aromatic nitrogens is 2. The molecule has 0 unspecified atom stereocenters. The van der Waals surface area contributed by atoms with Crippen molar-refractivity contribution in [3.8, 4) is 0 Å². The van der Waals surface area contributed by atoms with E-state index in [9.17, 15) is 4.79 Å². The zero-order valence-corrected chi connectivity index (χ0v) is 14.6. The highest BCUT2D eigenvalue weighted by Crippen LogP contribution is 2.27. The molecule has 5 heteroatoms. The summed E-state index contributed by atoms with van der Waals surface area (Å²) >= 11 is 0. The first-order valence-corrected chi connectivity index (χ1v) is 9.08. The van der Waals surface area contributed by atoms with E-state index in [0.717, 1.165) is 48.2 Å². The number of likely N-dealkylation sites (tertiary alicyclic amines) is 1. The Morgan fingerprint density at radius 3 is 2.65 bits per heavy atom. The van der Waals surface area contributed by atoms with Crippen LogP contribution >= 0.6 is 0 Å². The quantitative estimate of drug-likeness (QED) is 0.786. The zero-order valence-electron chi connectivity index (χ0n) is 14.6. The van der Waals surface area contributed by atoms with Gasteiger partial charge in [-0.05, 0) is 42.7 Å². The third-order valence-electron chi connectivity index (χ3n) is 4.97. The summed E-state index contributed by atoms with van der Waals surface area (Å²) in [6, 6.07) is 18.1. The molecule has 0 saturated carbocycles. The van der Waals surface area contributed by atoms with Crippen LogP contribution in [0.2, 0.25) is 0 Å². The van der Waals surface area contributed by atoms with Crippen molar-refractivity contribution < 1.29 is 4.79 Å². The molecule has 1 fully saturated rings. The molecule has 1 aliphatic heterocycles. The normalized spacial score (nSPS) is 15.2. The Labute approximate surface area is 153 Å². The number of benzene rings is 1. The SMILES string of the molecule is O=C(NCc1ccccc1)N1CCC(c2ccc3cccnc3n2)CC1. The van der Waals surface area contributed by atoms with Crippen LogP contribution in [0.1, 0.15) is 30.0 Å². The van der Waals surface area contributed by atoms with Crippen molar-refractivity contribution in [2.75, 3.05) is 13.1 Å². The predicted molar refractivity (Wildman–Crippen MR) is 102 cm³/mol. The second-order valence-corrected chi connectivity index (χ2v) is 6.69. The van der Waals surface area contributed by atoms with Crippen molar-refractivity contribution in [1.82, 2.24) is 20.2 Å². The molecule has 4 rings (SSSR count). The van der Waals surface area contributed by atoms with Gasteiger partial charge in [0.1, 0.15) is 0 Å². The second-order valence-electron chi connectivity index (χ2n) is 6.69. The number of pyridine rings is 2. The minimum Gasteiger partial charge on any atom is -0.334 e. The minimum atomic E-state index is 0.0143. The lowest BCUT2D eigenvalue weighted by Crippen LogP contribution is -2.43. The zero-order chi connectivity index (χ0) is 17.8. The van der Waals surface area contributed by atoms with Crippen LogP contribution in [0.15, 0.2) is 60.8 Å². The van der Waals surface area contributed by atoms with E-state index in [2.05, 4.69) is 22.4 Å². The molecule has 3 aromatic rings. The van der Waals surface area contributed by atoms with Crippen LogP contribution in [-0.2, 0) is 6.54 Å². The summed E-state index contributed by atoms with van der Waals surface area (Å²) in [6.45, 7) is 2.08. The maximum atomic E-state index is 12.4. The number of nitrogens with one attached hydrogen (secondary N) is 1. The van der Waals surface area contributed by atoms with Crippen molar-refractivity contribution in [1.29, 1.82) is 0 Å². The number of hydrogen-bond acceptors (Lipinski definition) is 3. The molecule has 0 spiro atoms. The average molecular weight is 346 g/mol. The molecule has 26 heavy (non-hydrogen) atoms. The molecule has 1 aliphatic rings. The number of nitrogens with zero attached hydrogens (tertiary/aromatic N) is 3. The van der Waals surface area contributed by atoms with Gasteiger partial charge in [-0.2, -0.15) is 0 Å². The van der Waals surface area contributed by atoms with Gasteiger partial charge in [-0.25, -0.2) is 14.8 Å². The van der Waals surface area contributed by atoms with Crippen molar-refractivity contribution in [2.24, 2.45) is 0 Å². The topological polar surface area (TPSA) is 58.1 Å². The number of fused-ring (bicyclic) bond motifs is 1. The van der Waals surface area contributed by atoms with Crippen LogP contribution in [0.3, 0.4) is 0 Å². The number of amides is 2. The standard InChI is InChI=1S/C21H22N4O/c26-21(23-15-16-5-2-1-3-6-16)25-13-10-17(11-14-25)19-9-8-18-7-4-12-22-20(18)24-19/h1-9,12,17H,10-11,13-15H2,(H,23,26). The van der Waals surface area contributed by atoms with Gasteiger partial charge in [0, 0.05) is 42.8 Å². The monoisotopic (exact) mass is 346 g/mol. The molecule has 1 saturated heterocycles. The van der Waals surface area contributed by atoms with E-state index in [1.807, 2.05) is 47.4 Å². The van der Waals surface area contributed by atoms with Crippen molar-refractivity contribution in [3.63, 3.8) is 0 Å². The average Bonchev–Trinajstić information content (AvgIpc) is 2.72. The molecule has 0 radical (unpaired) electrons. The first kappa shape index (κ1) is 16.5. The van der Waals surface area contributed by atoms with Gasteiger partial charge >= 0.3 is 6.03 Å². The first-order valence-electron chi connectivity index (χ1n) is 9.08. The number of carbonyl (C=O) groups excluding carboxylic acids is 1. The molecule has 3 heterocycles. The third kappa shape index (κ3) is 3.67. The molecule has 132 valence electrons. The summed E-state index contributed by atoms with van der Waals surface area (Å²) in [4.78, 5) is 23.3. The number of piperidine rings is 1. The van der Waals surface area contributed by atoms with Gasteiger partial charge in [0.25, 0.3) is 0 Å². The fourth-order valence-electron chi connectivity index (χ4n) is 3.46. The smallest absolute Gasteiger partial charge is 0.317 e. The molecule has 1 N–H and O–H groups in total. The summed E-state index contributed by atoms with van der Waals surface area (Å²) in [5, 5.41) is 4.07. The summed E-state index contributed by atoms with van der Waals surface area (Å²) in [5.74, 6) is 0.388. The summed E-state index contributed by atoms with van der Waals surface area (Å²) in [7, 11) is 0. The lowest BCUT2D eigenvalue weighted by atomic mass is 9.93. The van der Waals surface area contributed by atoms with E-state index in [-0.39, 0.29) is 6.03 Å². The highest BCUT2D eigenvalue weighted by molar-refractivity contribution is 5.75. The highest BCUT2D eigenvalue weighted by Gasteiger charge is 2.24. The largest absolute Gasteiger partial charge is 0.334 e. The van der Waals surface area contributed by atoms with Gasteiger partial charge in [-0.1, -0.05) is 30.3 Å². The Bertz CT molecular complexity index is 889. The van der Waals surface area contributed by atoms with Crippen LogP contribution in [0.4, 0.5) is 4.79 Å². The predicted octanol–water partition coefficient (Wildman–Crippen LogP) is 3.72. The number of hydrogen-bond donors (Lipinski definition) is 1. The molecule has 5 nitrogen and oxygen atoms in total. The second kappa shape index (κ2) is 7.52. The Morgan fingerprint density at radius 2 is 1.85 bits per heavy atom. The van der Waals surface area contributed by atoms with Crippen molar-refractivity contribution in [2.45, 2.75) is 25.3 Å². The summed E-state index contributed by atoms with van der Waals surface area (Å²) < 4.78 is 0. The molecule has 2 aromatic heterocycles. The third-order valence-corrected chi connectivity index (χ3v) is 4.97. The Morgan fingerprint density at radius 1 is 1.04 bits per heavy atom. The molecule has 0 aliphatic carbocycles. The molecule has 2 amide bonds. The molecule has 0 atom stereocenters. The first-order chi connectivity index (χ1) is 12.8. The fourth-order valence-corrected chi connectivity index (χ4v) is 3.46. The minimum absolute atomic E-state index is 0.0143. The maximum absolute atomic E-state index is 12.4. The van der Waals surface area contributed by atoms with E-state index in [4.69, 9.17) is 4.98 Å². The van der Waals surface area contributed by atoms with Gasteiger partial charge in [0.15, 0.2) is 5.65 Å². The summed E-state index contributed by atoms with van der Waals surface area (Å²) in [6.07, 6.45) is 3.65. The van der Waals surface area contributed by atoms with Crippen molar-refractivity contribution in [3.05, 3.63) is 72.1 Å². The van der Waals surface area contributed by atoms with Gasteiger partial charge < -0.3 is 10.2 Å². The van der Waals surface area contributed by atoms with E-state index in [1.54, 1.807) is 6.20 Å². The molecular weight excluding hydrogens is 324 g/mol. The Hall–Kier alpha value is -2.95. The lowest BCUT2D eigenvalue weighted by molar-refractivity contribution is 0.180. The van der Waals surface area contributed by atoms with Crippen LogP contribution in [0.5, 0.6) is 0 Å². The molecule has 1 aromatic carbocycles. The Balaban J connectivity index is 1.33. The Kier molecular flexibility index (Phi) is 4.78. The fraction of sp³-hybridized carbons (Fsp3) is 0.286. The number of rotatable bonds is 3. The van der Waals surface area contributed by atoms with Gasteiger partial charge in [0.2, 0.25) is 0 Å². The van der Waals surface area contributed by atoms with Gasteiger partial charge in [-0.3, -0.25) is 0 Å². The van der Waals surface area contributed by atoms with Crippen LogP contribution in [0, 0.1) is 0 Å². The summed E-state index contributed by atoms with van der Waals surface area (Å²) in [5.41, 5.74) is 3.00. The maximum Gasteiger partial charge on any atom is 0.317 e. The van der Waals surface area contributed by atoms with Gasteiger partial charge in [0.05, 0.1) is 0 Å². The van der Waals surface area contributed by atoms with Crippen molar-refractivity contribution >= 4 is 17.1 Å². The number of carbonyl (C=O) groups is 1. The number of urea groups is 1. The van der Waals surface area contributed by atoms with Gasteiger partial charge in [-0.15, -0.1) is 0 Å². The van der Waals surface area contributed by atoms with E-state index in [1.165, 1.54) is 0 Å². The molecule has 0 bridgehead atoms. The van der Waals surface area contributed by atoms with Crippen LogP contribution < -0.4 is 5.32 Å². The highest BCUT2D eigenvalue weighted by atomic mass is 16.2.